The van der Waals surface area contributed by atoms with E-state index in [1.54, 1.807) is 18.2 Å². The molecule has 166 valence electrons. The summed E-state index contributed by atoms with van der Waals surface area (Å²) in [6.45, 7) is 0.101. The number of carbonyl (C=O) groups is 2. The maximum Gasteiger partial charge on any atom is 0.416 e. The van der Waals surface area contributed by atoms with Crippen LogP contribution in [-0.2, 0) is 11.0 Å². The minimum absolute atomic E-state index is 0.0359. The highest BCUT2D eigenvalue weighted by Crippen LogP contribution is 2.33. The number of alkyl halides is 3. The molecule has 0 saturated carbocycles. The third-order valence-electron chi connectivity index (χ3n) is 4.08. The van der Waals surface area contributed by atoms with E-state index < -0.39 is 23.6 Å². The zero-order valence-corrected chi connectivity index (χ0v) is 17.6. The maximum atomic E-state index is 12.6. The molecule has 0 unspecified atom stereocenters. The lowest BCUT2D eigenvalue weighted by Gasteiger charge is -2.08. The quantitative estimate of drug-likeness (QED) is 0.400. The van der Waals surface area contributed by atoms with Crippen molar-refractivity contribution in [3.63, 3.8) is 0 Å². The van der Waals surface area contributed by atoms with Crippen LogP contribution in [0.4, 0.5) is 24.0 Å². The molecule has 0 saturated heterocycles. The summed E-state index contributed by atoms with van der Waals surface area (Å²) in [5.74, 6) is 0.175. The Bertz CT molecular complexity index is 1150. The van der Waals surface area contributed by atoms with E-state index in [1.165, 1.54) is 12.1 Å². The van der Waals surface area contributed by atoms with Gasteiger partial charge in [-0.3, -0.25) is 14.9 Å². The number of amides is 2. The predicted octanol–water partition coefficient (Wildman–Crippen LogP) is 4.27. The Morgan fingerprint density at radius 3 is 2.53 bits per heavy atom. The number of aromatic nitrogens is 2. The summed E-state index contributed by atoms with van der Waals surface area (Å²) in [6, 6.07) is 8.92. The van der Waals surface area contributed by atoms with Gasteiger partial charge >= 0.3 is 6.18 Å². The fraction of sp³-hybridized carbons (Fsp3) is 0.158. The predicted molar refractivity (Wildman–Crippen MR) is 111 cm³/mol. The van der Waals surface area contributed by atoms with E-state index in [2.05, 4.69) is 20.8 Å². The number of hydrogen-bond donors (Lipinski definition) is 2. The summed E-state index contributed by atoms with van der Waals surface area (Å²) in [5, 5.41) is 13.2. The maximum absolute atomic E-state index is 12.6. The van der Waals surface area contributed by atoms with E-state index in [0.29, 0.717) is 21.4 Å². The molecule has 8 nitrogen and oxygen atoms in total. The van der Waals surface area contributed by atoms with E-state index in [-0.39, 0.29) is 23.4 Å². The summed E-state index contributed by atoms with van der Waals surface area (Å²) < 4.78 is 48.6. The molecule has 2 N–H and O–H groups in total. The summed E-state index contributed by atoms with van der Waals surface area (Å²) in [5.41, 5.74) is -0.193. The molecule has 2 heterocycles. The number of benzene rings is 2. The molecule has 13 heteroatoms. The Balaban J connectivity index is 1.27. The van der Waals surface area contributed by atoms with Crippen LogP contribution >= 0.6 is 23.1 Å². The number of halogens is 3. The monoisotopic (exact) mass is 482 g/mol. The second kappa shape index (κ2) is 9.04. The zero-order chi connectivity index (χ0) is 22.7. The Hall–Kier alpha value is -3.32. The minimum atomic E-state index is -4.44. The van der Waals surface area contributed by atoms with Crippen molar-refractivity contribution in [1.82, 2.24) is 10.2 Å². The molecular weight excluding hydrogens is 469 g/mol. The number of nitrogens with one attached hydrogen (secondary N) is 2. The van der Waals surface area contributed by atoms with Gasteiger partial charge < -0.3 is 14.8 Å². The molecule has 0 bridgehead atoms. The molecule has 2 aromatic carbocycles. The van der Waals surface area contributed by atoms with Crippen LogP contribution < -0.4 is 20.1 Å². The van der Waals surface area contributed by atoms with Crippen LogP contribution in [0.15, 0.2) is 46.8 Å². The molecule has 0 radical (unpaired) electrons. The lowest BCUT2D eigenvalue weighted by atomic mass is 10.2. The van der Waals surface area contributed by atoms with E-state index in [0.717, 1.165) is 35.2 Å². The largest absolute Gasteiger partial charge is 0.454 e. The molecule has 0 fully saturated rings. The smallest absolute Gasteiger partial charge is 0.416 e. The van der Waals surface area contributed by atoms with Gasteiger partial charge in [0.25, 0.3) is 5.91 Å². The van der Waals surface area contributed by atoms with Crippen LogP contribution in [0.3, 0.4) is 0 Å². The second-order valence-electron chi connectivity index (χ2n) is 6.31. The highest BCUT2D eigenvalue weighted by atomic mass is 32.2. The number of rotatable bonds is 6. The van der Waals surface area contributed by atoms with Gasteiger partial charge in [-0.2, -0.15) is 13.2 Å². The standard InChI is InChI=1S/C19H13F3N4O4S2/c20-19(21,22)11-2-4-12(5-3-11)23-15(27)8-31-18-26-25-17(32-18)24-16(28)10-1-6-13-14(7-10)30-9-29-13/h1-7H,8-9H2,(H,23,27)(H,24,25,28). The SMILES string of the molecule is O=C(CSc1nnc(NC(=O)c2ccc3c(c2)OCO3)s1)Nc1ccc(C(F)(F)F)cc1. The van der Waals surface area contributed by atoms with Crippen molar-refractivity contribution < 1.29 is 32.2 Å². The summed E-state index contributed by atoms with van der Waals surface area (Å²) in [4.78, 5) is 24.4. The Labute approximate surface area is 187 Å². The number of fused-ring (bicyclic) bond motifs is 1. The first-order valence-corrected chi connectivity index (χ1v) is 10.7. The van der Waals surface area contributed by atoms with Crippen molar-refractivity contribution in [1.29, 1.82) is 0 Å². The number of nitrogens with zero attached hydrogens (tertiary/aromatic N) is 2. The molecule has 32 heavy (non-hydrogen) atoms. The molecule has 3 aromatic rings. The molecule has 2 amide bonds. The van der Waals surface area contributed by atoms with Gasteiger partial charge in [0.1, 0.15) is 0 Å². The lowest BCUT2D eigenvalue weighted by Crippen LogP contribution is -2.14. The van der Waals surface area contributed by atoms with Crippen LogP contribution in [0.25, 0.3) is 0 Å². The van der Waals surface area contributed by atoms with Gasteiger partial charge in [0.05, 0.1) is 11.3 Å². The number of hydrogen-bond acceptors (Lipinski definition) is 8. The average molecular weight is 482 g/mol. The zero-order valence-electron chi connectivity index (χ0n) is 15.9. The highest BCUT2D eigenvalue weighted by molar-refractivity contribution is 8.01. The lowest BCUT2D eigenvalue weighted by molar-refractivity contribution is -0.137. The van der Waals surface area contributed by atoms with Gasteiger partial charge in [-0.25, -0.2) is 0 Å². The van der Waals surface area contributed by atoms with Gasteiger partial charge in [-0.15, -0.1) is 10.2 Å². The Kier molecular flexibility index (Phi) is 6.19. The summed E-state index contributed by atoms with van der Waals surface area (Å²) in [7, 11) is 0. The van der Waals surface area contributed by atoms with Crippen molar-refractivity contribution in [3.05, 3.63) is 53.6 Å². The van der Waals surface area contributed by atoms with E-state index in [4.69, 9.17) is 9.47 Å². The molecule has 1 aliphatic heterocycles. The number of carbonyl (C=O) groups excluding carboxylic acids is 2. The first kappa shape index (κ1) is 21.9. The first-order valence-electron chi connectivity index (χ1n) is 8.92. The van der Waals surface area contributed by atoms with Crippen molar-refractivity contribution in [2.75, 3.05) is 23.2 Å². The molecule has 4 rings (SSSR count). The summed E-state index contributed by atoms with van der Waals surface area (Å²) in [6.07, 6.45) is -4.44. The van der Waals surface area contributed by atoms with E-state index in [1.807, 2.05) is 0 Å². The third-order valence-corrected chi connectivity index (χ3v) is 6.06. The van der Waals surface area contributed by atoms with E-state index in [9.17, 15) is 22.8 Å². The number of anilines is 2. The van der Waals surface area contributed by atoms with Crippen molar-refractivity contribution in [2.45, 2.75) is 10.5 Å². The average Bonchev–Trinajstić information content (AvgIpc) is 3.40. The molecule has 0 atom stereocenters. The second-order valence-corrected chi connectivity index (χ2v) is 8.51. The normalized spacial score (nSPS) is 12.5. The van der Waals surface area contributed by atoms with Gasteiger partial charge in [-0.05, 0) is 42.5 Å². The van der Waals surface area contributed by atoms with Crippen LogP contribution in [-0.4, -0.2) is 34.6 Å². The van der Waals surface area contributed by atoms with Gasteiger partial charge in [0.2, 0.25) is 17.8 Å². The first-order chi connectivity index (χ1) is 15.3. The van der Waals surface area contributed by atoms with Crippen LogP contribution in [0.5, 0.6) is 11.5 Å². The van der Waals surface area contributed by atoms with Gasteiger partial charge in [-0.1, -0.05) is 23.1 Å². The number of ether oxygens (including phenoxy) is 2. The molecular formula is C19H13F3N4O4S2. The fourth-order valence-corrected chi connectivity index (χ4v) is 4.14. The van der Waals surface area contributed by atoms with Crippen LogP contribution in [0.1, 0.15) is 15.9 Å². The summed E-state index contributed by atoms with van der Waals surface area (Å²) >= 11 is 2.16. The fourth-order valence-electron chi connectivity index (χ4n) is 2.59. The highest BCUT2D eigenvalue weighted by Gasteiger charge is 2.30. The number of thioether (sulfide) groups is 1. The van der Waals surface area contributed by atoms with E-state index >= 15 is 0 Å². The van der Waals surface area contributed by atoms with Crippen molar-refractivity contribution in [3.8, 4) is 11.5 Å². The van der Waals surface area contributed by atoms with Crippen LogP contribution in [0.2, 0.25) is 0 Å². The minimum Gasteiger partial charge on any atom is -0.454 e. The Morgan fingerprint density at radius 2 is 1.78 bits per heavy atom. The van der Waals surface area contributed by atoms with Gasteiger partial charge in [0.15, 0.2) is 15.8 Å². The van der Waals surface area contributed by atoms with Crippen molar-refractivity contribution >= 4 is 45.7 Å². The van der Waals surface area contributed by atoms with Crippen molar-refractivity contribution in [2.24, 2.45) is 0 Å². The third kappa shape index (κ3) is 5.29. The van der Waals surface area contributed by atoms with Gasteiger partial charge in [0, 0.05) is 11.3 Å². The Morgan fingerprint density at radius 1 is 1.03 bits per heavy atom. The topological polar surface area (TPSA) is 102 Å². The molecule has 0 aliphatic carbocycles. The molecule has 1 aliphatic rings. The molecule has 1 aromatic heterocycles. The molecule has 0 spiro atoms. The van der Waals surface area contributed by atoms with Crippen LogP contribution in [0, 0.1) is 0 Å².